The number of unbranched alkanes of at least 4 members (excludes halogenated alkanes) is 7. The van der Waals surface area contributed by atoms with Crippen molar-refractivity contribution in [3.63, 3.8) is 0 Å². The molecular formula is C24H38O5. The molecule has 5 nitrogen and oxygen atoms in total. The molecule has 164 valence electrons. The zero-order valence-electron chi connectivity index (χ0n) is 18.8. The molecule has 0 N–H and O–H groups in total. The van der Waals surface area contributed by atoms with E-state index in [1.165, 1.54) is 38.5 Å². The molecule has 0 aliphatic rings. The van der Waals surface area contributed by atoms with E-state index in [-0.39, 0.29) is 29.3 Å². The molecule has 0 saturated heterocycles. The smallest absolute Gasteiger partial charge is 0.314 e. The molecule has 0 atom stereocenters. The molecule has 1 rings (SSSR count). The molecule has 0 unspecified atom stereocenters. The van der Waals surface area contributed by atoms with Gasteiger partial charge in [0.25, 0.3) is 0 Å². The molecule has 0 aliphatic carbocycles. The van der Waals surface area contributed by atoms with Gasteiger partial charge in [-0.1, -0.05) is 85.6 Å². The van der Waals surface area contributed by atoms with Crippen molar-refractivity contribution >= 4 is 11.9 Å². The fourth-order valence-electron chi connectivity index (χ4n) is 2.65. The van der Waals surface area contributed by atoms with E-state index >= 15 is 0 Å². The molecule has 0 spiro atoms. The predicted octanol–water partition coefficient (Wildman–Crippen LogP) is 6.33. The largest absolute Gasteiger partial charge is 0.490 e. The number of carbonyl (C=O) groups excluding carboxylic acids is 2. The number of ether oxygens (including phenoxy) is 3. The highest BCUT2D eigenvalue weighted by Gasteiger charge is 2.21. The molecule has 29 heavy (non-hydrogen) atoms. The number of hydrogen-bond donors (Lipinski definition) is 0. The zero-order chi connectivity index (χ0) is 21.6. The minimum Gasteiger partial charge on any atom is -0.490 e. The van der Waals surface area contributed by atoms with Crippen molar-refractivity contribution in [3.8, 4) is 17.2 Å². The summed E-state index contributed by atoms with van der Waals surface area (Å²) < 4.78 is 16.8. The van der Waals surface area contributed by atoms with E-state index in [4.69, 9.17) is 14.2 Å². The monoisotopic (exact) mass is 406 g/mol. The van der Waals surface area contributed by atoms with Gasteiger partial charge in [0.05, 0.1) is 18.4 Å². The zero-order valence-corrected chi connectivity index (χ0v) is 18.8. The molecule has 0 fully saturated rings. The van der Waals surface area contributed by atoms with Gasteiger partial charge in [-0.2, -0.15) is 0 Å². The Balaban J connectivity index is 2.67. The van der Waals surface area contributed by atoms with Crippen LogP contribution in [0.4, 0.5) is 0 Å². The summed E-state index contributed by atoms with van der Waals surface area (Å²) >= 11 is 0. The van der Waals surface area contributed by atoms with Crippen molar-refractivity contribution in [2.75, 3.05) is 6.61 Å². The standard InChI is InChI=1S/C24H38O5/c1-6-7-8-9-10-11-12-13-17-27-20-15-14-16-21(28-23(25)18(2)3)22(20)29-24(26)19(4)5/h14-16,18-19H,6-13,17H2,1-5H3. The summed E-state index contributed by atoms with van der Waals surface area (Å²) in [7, 11) is 0. The molecule has 0 aromatic heterocycles. The summed E-state index contributed by atoms with van der Waals surface area (Å²) in [4.78, 5) is 24.2. The van der Waals surface area contributed by atoms with Gasteiger partial charge in [0.2, 0.25) is 5.75 Å². The second-order valence-electron chi connectivity index (χ2n) is 8.06. The fraction of sp³-hybridized carbons (Fsp3) is 0.667. The molecule has 0 saturated carbocycles. The Bertz CT molecular complexity index is 622. The lowest BCUT2D eigenvalue weighted by atomic mass is 10.1. The highest BCUT2D eigenvalue weighted by atomic mass is 16.6. The maximum Gasteiger partial charge on any atom is 0.314 e. The average molecular weight is 407 g/mol. The van der Waals surface area contributed by atoms with Crippen LogP contribution in [0.5, 0.6) is 17.2 Å². The van der Waals surface area contributed by atoms with E-state index in [1.54, 1.807) is 45.9 Å². The number of esters is 2. The van der Waals surface area contributed by atoms with Crippen LogP contribution in [0.1, 0.15) is 86.0 Å². The highest BCUT2D eigenvalue weighted by Crippen LogP contribution is 2.38. The highest BCUT2D eigenvalue weighted by molar-refractivity contribution is 5.79. The van der Waals surface area contributed by atoms with Crippen molar-refractivity contribution in [2.24, 2.45) is 11.8 Å². The minimum atomic E-state index is -0.394. The molecule has 1 aromatic carbocycles. The van der Waals surface area contributed by atoms with Crippen molar-refractivity contribution < 1.29 is 23.8 Å². The van der Waals surface area contributed by atoms with Gasteiger partial charge in [-0.25, -0.2) is 0 Å². The lowest BCUT2D eigenvalue weighted by Crippen LogP contribution is -2.19. The first-order valence-electron chi connectivity index (χ1n) is 11.1. The second-order valence-corrected chi connectivity index (χ2v) is 8.06. The molecule has 0 amide bonds. The van der Waals surface area contributed by atoms with Gasteiger partial charge in [0.1, 0.15) is 0 Å². The summed E-state index contributed by atoms with van der Waals surface area (Å²) in [6.07, 6.45) is 9.71. The molecule has 0 bridgehead atoms. The topological polar surface area (TPSA) is 61.8 Å². The maximum absolute atomic E-state index is 12.1. The number of benzene rings is 1. The van der Waals surface area contributed by atoms with E-state index in [2.05, 4.69) is 6.92 Å². The summed E-state index contributed by atoms with van der Waals surface area (Å²) in [6, 6.07) is 5.09. The van der Waals surface area contributed by atoms with E-state index in [9.17, 15) is 9.59 Å². The van der Waals surface area contributed by atoms with Crippen molar-refractivity contribution in [2.45, 2.75) is 86.0 Å². The van der Waals surface area contributed by atoms with Gasteiger partial charge >= 0.3 is 11.9 Å². The lowest BCUT2D eigenvalue weighted by molar-refractivity contribution is -0.140. The van der Waals surface area contributed by atoms with Crippen LogP contribution >= 0.6 is 0 Å². The molecule has 0 aliphatic heterocycles. The Kier molecular flexibility index (Phi) is 12.1. The van der Waals surface area contributed by atoms with Crippen molar-refractivity contribution in [1.82, 2.24) is 0 Å². The fourth-order valence-corrected chi connectivity index (χ4v) is 2.65. The number of carbonyl (C=O) groups is 2. The van der Waals surface area contributed by atoms with Gasteiger partial charge in [-0.05, 0) is 18.6 Å². The van der Waals surface area contributed by atoms with Gasteiger partial charge < -0.3 is 14.2 Å². The van der Waals surface area contributed by atoms with Gasteiger partial charge in [0.15, 0.2) is 11.5 Å². The van der Waals surface area contributed by atoms with Crippen LogP contribution in [0.15, 0.2) is 18.2 Å². The van der Waals surface area contributed by atoms with Crippen LogP contribution in [0.3, 0.4) is 0 Å². The predicted molar refractivity (Wildman–Crippen MR) is 115 cm³/mol. The van der Waals surface area contributed by atoms with Crippen LogP contribution in [-0.4, -0.2) is 18.5 Å². The van der Waals surface area contributed by atoms with Crippen molar-refractivity contribution in [1.29, 1.82) is 0 Å². The van der Waals surface area contributed by atoms with E-state index in [0.717, 1.165) is 12.8 Å². The number of rotatable bonds is 14. The summed E-state index contributed by atoms with van der Waals surface area (Å²) in [5.74, 6) is -0.543. The van der Waals surface area contributed by atoms with E-state index in [1.807, 2.05) is 0 Å². The van der Waals surface area contributed by atoms with Crippen LogP contribution in [0, 0.1) is 11.8 Å². The Morgan fingerprint density at radius 2 is 1.28 bits per heavy atom. The summed E-state index contributed by atoms with van der Waals surface area (Å²) in [6.45, 7) is 9.78. The third-order valence-corrected chi connectivity index (χ3v) is 4.55. The molecule has 0 heterocycles. The first-order valence-corrected chi connectivity index (χ1v) is 11.1. The summed E-state index contributed by atoms with van der Waals surface area (Å²) in [5, 5.41) is 0. The maximum atomic E-state index is 12.1. The number of para-hydroxylation sites is 1. The Morgan fingerprint density at radius 3 is 1.86 bits per heavy atom. The van der Waals surface area contributed by atoms with Crippen LogP contribution < -0.4 is 14.2 Å². The third-order valence-electron chi connectivity index (χ3n) is 4.55. The first kappa shape index (κ1) is 25.0. The second kappa shape index (κ2) is 14.0. The summed E-state index contributed by atoms with van der Waals surface area (Å²) in [5.41, 5.74) is 0. The first-order chi connectivity index (χ1) is 13.9. The molecule has 5 heteroatoms. The molecule has 0 radical (unpaired) electrons. The van der Waals surface area contributed by atoms with Gasteiger partial charge in [-0.15, -0.1) is 0 Å². The van der Waals surface area contributed by atoms with Crippen LogP contribution in [0.25, 0.3) is 0 Å². The van der Waals surface area contributed by atoms with Gasteiger partial charge in [-0.3, -0.25) is 9.59 Å². The van der Waals surface area contributed by atoms with E-state index in [0.29, 0.717) is 12.4 Å². The van der Waals surface area contributed by atoms with E-state index < -0.39 is 5.97 Å². The van der Waals surface area contributed by atoms with Crippen LogP contribution in [-0.2, 0) is 9.59 Å². The quantitative estimate of drug-likeness (QED) is 0.205. The molecular weight excluding hydrogens is 368 g/mol. The lowest BCUT2D eigenvalue weighted by Gasteiger charge is -2.16. The minimum absolute atomic E-state index is 0.180. The SMILES string of the molecule is CCCCCCCCCCOc1cccc(OC(=O)C(C)C)c1OC(=O)C(C)C. The van der Waals surface area contributed by atoms with Crippen molar-refractivity contribution in [3.05, 3.63) is 18.2 Å². The third kappa shape index (κ3) is 9.82. The Morgan fingerprint density at radius 1 is 0.759 bits per heavy atom. The Labute approximate surface area is 176 Å². The van der Waals surface area contributed by atoms with Gasteiger partial charge in [0, 0.05) is 0 Å². The molecule has 1 aromatic rings. The van der Waals surface area contributed by atoms with Crippen LogP contribution in [0.2, 0.25) is 0 Å². The Hall–Kier alpha value is -2.04. The average Bonchev–Trinajstić information content (AvgIpc) is 2.68. The number of hydrogen-bond acceptors (Lipinski definition) is 5. The normalized spacial score (nSPS) is 11.0.